The van der Waals surface area contributed by atoms with E-state index in [2.05, 4.69) is 37.1 Å². The summed E-state index contributed by atoms with van der Waals surface area (Å²) in [6, 6.07) is 2.93. The Kier molecular flexibility index (Phi) is 6.11. The fourth-order valence-electron chi connectivity index (χ4n) is 3.17. The lowest BCUT2D eigenvalue weighted by atomic mass is 9.94. The molecule has 1 aliphatic rings. The van der Waals surface area contributed by atoms with E-state index in [1.165, 1.54) is 32.4 Å². The Morgan fingerprint density at radius 3 is 2.78 bits per heavy atom. The van der Waals surface area contributed by atoms with Gasteiger partial charge in [-0.15, -0.1) is 0 Å². The van der Waals surface area contributed by atoms with Crippen LogP contribution in [0, 0.1) is 17.2 Å². The summed E-state index contributed by atoms with van der Waals surface area (Å²) in [4.78, 5) is 2.56. The van der Waals surface area contributed by atoms with Crippen LogP contribution in [-0.2, 0) is 0 Å². The predicted octanol–water partition coefficient (Wildman–Crippen LogP) is 2.78. The maximum atomic E-state index is 9.31. The highest BCUT2D eigenvalue weighted by molar-refractivity contribution is 5.05. The number of hydrogen-bond donors (Lipinski definition) is 1. The highest BCUT2D eigenvalue weighted by Crippen LogP contribution is 2.25. The Morgan fingerprint density at radius 1 is 1.50 bits per heavy atom. The molecule has 0 aromatic carbocycles. The van der Waals surface area contributed by atoms with Gasteiger partial charge in [0.2, 0.25) is 0 Å². The molecule has 3 atom stereocenters. The van der Waals surface area contributed by atoms with Gasteiger partial charge in [-0.05, 0) is 52.1 Å². The van der Waals surface area contributed by atoms with Gasteiger partial charge in [-0.25, -0.2) is 0 Å². The quantitative estimate of drug-likeness (QED) is 0.756. The van der Waals surface area contributed by atoms with E-state index in [-0.39, 0.29) is 5.54 Å². The molecule has 3 unspecified atom stereocenters. The Morgan fingerprint density at radius 2 is 2.22 bits per heavy atom. The third-order valence-corrected chi connectivity index (χ3v) is 4.15. The van der Waals surface area contributed by atoms with Crippen LogP contribution in [0.15, 0.2) is 0 Å². The molecule has 0 amide bonds. The van der Waals surface area contributed by atoms with Crippen LogP contribution < -0.4 is 5.32 Å². The van der Waals surface area contributed by atoms with E-state index in [0.29, 0.717) is 6.04 Å². The molecule has 1 rings (SSSR count). The molecule has 1 fully saturated rings. The first-order valence-electron chi connectivity index (χ1n) is 7.45. The zero-order valence-corrected chi connectivity index (χ0v) is 12.5. The van der Waals surface area contributed by atoms with Gasteiger partial charge in [0, 0.05) is 12.6 Å². The number of likely N-dealkylation sites (tertiary alicyclic amines) is 1. The highest BCUT2D eigenvalue weighted by Gasteiger charge is 2.31. The molecule has 0 bridgehead atoms. The number of rotatable bonds is 7. The molecule has 0 aromatic heterocycles. The zero-order valence-electron chi connectivity index (χ0n) is 12.5. The monoisotopic (exact) mass is 251 g/mol. The van der Waals surface area contributed by atoms with Crippen molar-refractivity contribution in [2.75, 3.05) is 19.6 Å². The van der Waals surface area contributed by atoms with Crippen molar-refractivity contribution in [3.8, 4) is 6.07 Å². The molecule has 1 heterocycles. The van der Waals surface area contributed by atoms with E-state index in [9.17, 15) is 5.26 Å². The van der Waals surface area contributed by atoms with Gasteiger partial charge in [0.1, 0.15) is 5.54 Å². The van der Waals surface area contributed by atoms with Crippen LogP contribution in [0.1, 0.15) is 53.4 Å². The van der Waals surface area contributed by atoms with Gasteiger partial charge in [0.25, 0.3) is 0 Å². The topological polar surface area (TPSA) is 39.1 Å². The van der Waals surface area contributed by atoms with Crippen LogP contribution in [0.5, 0.6) is 0 Å². The van der Waals surface area contributed by atoms with Crippen LogP contribution in [-0.4, -0.2) is 36.1 Å². The molecule has 3 nitrogen and oxygen atoms in total. The van der Waals surface area contributed by atoms with Crippen molar-refractivity contribution in [2.45, 2.75) is 65.0 Å². The molecule has 1 saturated heterocycles. The third-order valence-electron chi connectivity index (χ3n) is 4.15. The Hall–Kier alpha value is -0.590. The van der Waals surface area contributed by atoms with Crippen LogP contribution in [0.3, 0.4) is 0 Å². The molecule has 0 radical (unpaired) electrons. The zero-order chi connectivity index (χ0) is 13.6. The van der Waals surface area contributed by atoms with Crippen molar-refractivity contribution in [2.24, 2.45) is 5.92 Å². The molecule has 18 heavy (non-hydrogen) atoms. The molecular weight excluding hydrogens is 222 g/mol. The Bertz CT molecular complexity index is 284. The van der Waals surface area contributed by atoms with Crippen molar-refractivity contribution in [3.63, 3.8) is 0 Å². The van der Waals surface area contributed by atoms with Gasteiger partial charge in [0.15, 0.2) is 0 Å². The normalized spacial score (nSPS) is 25.6. The predicted molar refractivity (Wildman–Crippen MR) is 76.4 cm³/mol. The second kappa shape index (κ2) is 7.11. The summed E-state index contributed by atoms with van der Waals surface area (Å²) in [5, 5.41) is 12.6. The fraction of sp³-hybridized carbons (Fsp3) is 0.933. The number of nitrogens with zero attached hydrogens (tertiary/aromatic N) is 2. The Labute approximate surface area is 113 Å². The van der Waals surface area contributed by atoms with Crippen molar-refractivity contribution < 1.29 is 0 Å². The van der Waals surface area contributed by atoms with Crippen molar-refractivity contribution in [1.29, 1.82) is 5.26 Å². The van der Waals surface area contributed by atoms with Gasteiger partial charge < -0.3 is 4.90 Å². The fourth-order valence-corrected chi connectivity index (χ4v) is 3.17. The minimum Gasteiger partial charge on any atom is -0.300 e. The molecule has 1 N–H and O–H groups in total. The third kappa shape index (κ3) is 4.26. The minimum atomic E-state index is -0.378. The maximum Gasteiger partial charge on any atom is 0.105 e. The summed E-state index contributed by atoms with van der Waals surface area (Å²) in [5.74, 6) is 0.880. The second-order valence-electron chi connectivity index (χ2n) is 5.97. The van der Waals surface area contributed by atoms with Gasteiger partial charge in [-0.3, -0.25) is 5.32 Å². The maximum absolute atomic E-state index is 9.31. The smallest absolute Gasteiger partial charge is 0.105 e. The highest BCUT2D eigenvalue weighted by atomic mass is 15.2. The molecule has 0 spiro atoms. The summed E-state index contributed by atoms with van der Waals surface area (Å²) < 4.78 is 0. The number of nitrogens with one attached hydrogen (secondary N) is 1. The van der Waals surface area contributed by atoms with E-state index in [1.54, 1.807) is 0 Å². The standard InChI is InChI=1S/C15H29N3/c1-5-7-14-8-9-18(11-14)13(3)10-15(4,12-16)17-6-2/h13-14,17H,5-11H2,1-4H3. The first-order valence-corrected chi connectivity index (χ1v) is 7.45. The van der Waals surface area contributed by atoms with E-state index in [4.69, 9.17) is 0 Å². The summed E-state index contributed by atoms with van der Waals surface area (Å²) in [6.45, 7) is 11.9. The molecule has 104 valence electrons. The van der Waals surface area contributed by atoms with Crippen molar-refractivity contribution in [1.82, 2.24) is 10.2 Å². The summed E-state index contributed by atoms with van der Waals surface area (Å²) in [5.41, 5.74) is -0.378. The molecule has 0 aromatic rings. The summed E-state index contributed by atoms with van der Waals surface area (Å²) in [7, 11) is 0. The molecular formula is C15H29N3. The number of nitriles is 1. The average molecular weight is 251 g/mol. The van der Waals surface area contributed by atoms with Gasteiger partial charge in [-0.2, -0.15) is 5.26 Å². The SMILES string of the molecule is CCCC1CCN(C(C)CC(C)(C#N)NCC)C1. The lowest BCUT2D eigenvalue weighted by Crippen LogP contribution is -2.46. The van der Waals surface area contributed by atoms with Crippen molar-refractivity contribution >= 4 is 0 Å². The molecule has 1 aliphatic heterocycles. The van der Waals surface area contributed by atoms with Crippen LogP contribution in [0.25, 0.3) is 0 Å². The first-order chi connectivity index (χ1) is 8.54. The first kappa shape index (κ1) is 15.5. The lowest BCUT2D eigenvalue weighted by Gasteiger charge is -2.31. The van der Waals surface area contributed by atoms with E-state index in [1.807, 2.05) is 6.92 Å². The minimum absolute atomic E-state index is 0.378. The summed E-state index contributed by atoms with van der Waals surface area (Å²) >= 11 is 0. The molecule has 3 heteroatoms. The largest absolute Gasteiger partial charge is 0.300 e. The van der Waals surface area contributed by atoms with Crippen LogP contribution in [0.4, 0.5) is 0 Å². The van der Waals surface area contributed by atoms with Crippen LogP contribution in [0.2, 0.25) is 0 Å². The van der Waals surface area contributed by atoms with E-state index in [0.717, 1.165) is 18.9 Å². The average Bonchev–Trinajstić information content (AvgIpc) is 2.78. The molecule has 0 aliphatic carbocycles. The number of hydrogen-bond acceptors (Lipinski definition) is 3. The van der Waals surface area contributed by atoms with Crippen molar-refractivity contribution in [3.05, 3.63) is 0 Å². The van der Waals surface area contributed by atoms with Gasteiger partial charge >= 0.3 is 0 Å². The lowest BCUT2D eigenvalue weighted by molar-refractivity contribution is 0.206. The van der Waals surface area contributed by atoms with E-state index >= 15 is 0 Å². The van der Waals surface area contributed by atoms with Crippen LogP contribution >= 0.6 is 0 Å². The van der Waals surface area contributed by atoms with E-state index < -0.39 is 0 Å². The van der Waals surface area contributed by atoms with Gasteiger partial charge in [0.05, 0.1) is 6.07 Å². The van der Waals surface area contributed by atoms with Gasteiger partial charge in [-0.1, -0.05) is 20.3 Å². The Balaban J connectivity index is 2.46. The molecule has 0 saturated carbocycles. The summed E-state index contributed by atoms with van der Waals surface area (Å²) in [6.07, 6.45) is 4.89. The second-order valence-corrected chi connectivity index (χ2v) is 5.97.